The normalized spacial score (nSPS) is 17.3. The monoisotopic (exact) mass is 276 g/mol. The summed E-state index contributed by atoms with van der Waals surface area (Å²) in [5.41, 5.74) is 4.05. The first-order chi connectivity index (χ1) is 9.07. The molecule has 2 nitrogen and oxygen atoms in total. The Morgan fingerprint density at radius 3 is 2.68 bits per heavy atom. The van der Waals surface area contributed by atoms with Crippen molar-refractivity contribution in [1.29, 1.82) is 0 Å². The zero-order chi connectivity index (χ0) is 13.6. The molecule has 2 aromatic rings. The quantitative estimate of drug-likeness (QED) is 0.751. The summed E-state index contributed by atoms with van der Waals surface area (Å²) in [6.45, 7) is 7.84. The van der Waals surface area contributed by atoms with E-state index >= 15 is 0 Å². The third kappa shape index (κ3) is 2.06. The van der Waals surface area contributed by atoms with Gasteiger partial charge in [0.1, 0.15) is 5.82 Å². The Bertz CT molecular complexity index is 608. The zero-order valence-corrected chi connectivity index (χ0v) is 12.7. The molecule has 3 rings (SSSR count). The summed E-state index contributed by atoms with van der Waals surface area (Å²) in [4.78, 5) is 4.73. The van der Waals surface area contributed by atoms with Crippen LogP contribution in [0.15, 0.2) is 18.2 Å². The summed E-state index contributed by atoms with van der Waals surface area (Å²) in [5, 5.41) is 0. The summed E-state index contributed by atoms with van der Waals surface area (Å²) in [6.07, 6.45) is 2.66. The molecule has 102 valence electrons. The molecule has 0 saturated heterocycles. The molecule has 1 aromatic heterocycles. The number of para-hydroxylation sites is 1. The maximum atomic E-state index is 6.10. The first-order valence-corrected chi connectivity index (χ1v) is 7.61. The molecular weight excluding hydrogens is 256 g/mol. The fourth-order valence-electron chi connectivity index (χ4n) is 3.01. The van der Waals surface area contributed by atoms with Crippen LogP contribution in [0.25, 0.3) is 11.0 Å². The van der Waals surface area contributed by atoms with Gasteiger partial charge in [0, 0.05) is 6.54 Å². The predicted molar refractivity (Wildman–Crippen MR) is 80.5 cm³/mol. The second kappa shape index (κ2) is 4.52. The minimum absolute atomic E-state index is 0.470. The number of fused-ring (bicyclic) bond motifs is 1. The smallest absolute Gasteiger partial charge is 0.124 e. The van der Waals surface area contributed by atoms with Gasteiger partial charge in [-0.05, 0) is 42.7 Å². The Balaban J connectivity index is 2.09. The van der Waals surface area contributed by atoms with Crippen LogP contribution in [0, 0.1) is 18.3 Å². The van der Waals surface area contributed by atoms with Crippen molar-refractivity contribution in [3.05, 3.63) is 29.6 Å². The molecule has 1 saturated carbocycles. The summed E-state index contributed by atoms with van der Waals surface area (Å²) in [7, 11) is 0. The molecule has 0 spiro atoms. The molecule has 1 aliphatic rings. The van der Waals surface area contributed by atoms with Crippen LogP contribution in [0.3, 0.4) is 0 Å². The number of imidazole rings is 1. The van der Waals surface area contributed by atoms with Gasteiger partial charge in [-0.1, -0.05) is 26.0 Å². The fraction of sp³-hybridized carbons (Fsp3) is 0.562. The summed E-state index contributed by atoms with van der Waals surface area (Å²) < 4.78 is 2.35. The number of nitrogens with zero attached hydrogens (tertiary/aromatic N) is 2. The van der Waals surface area contributed by atoms with Gasteiger partial charge in [0.25, 0.3) is 0 Å². The first kappa shape index (κ1) is 13.0. The van der Waals surface area contributed by atoms with Gasteiger partial charge in [0.15, 0.2) is 0 Å². The molecule has 1 fully saturated rings. The van der Waals surface area contributed by atoms with Gasteiger partial charge in [-0.3, -0.25) is 0 Å². The lowest BCUT2D eigenvalue weighted by Gasteiger charge is -2.21. The Morgan fingerprint density at radius 1 is 1.37 bits per heavy atom. The van der Waals surface area contributed by atoms with E-state index in [-0.39, 0.29) is 0 Å². The lowest BCUT2D eigenvalue weighted by Crippen LogP contribution is -2.19. The Morgan fingerprint density at radius 2 is 2.11 bits per heavy atom. The SMILES string of the molecule is Cc1cccc2c1nc(CCl)n2CC1(C(C)C)CC1. The van der Waals surface area contributed by atoms with Gasteiger partial charge < -0.3 is 4.57 Å². The lowest BCUT2D eigenvalue weighted by atomic mass is 9.92. The van der Waals surface area contributed by atoms with E-state index in [0.29, 0.717) is 11.3 Å². The highest BCUT2D eigenvalue weighted by Gasteiger charge is 2.46. The van der Waals surface area contributed by atoms with Crippen molar-refractivity contribution in [3.63, 3.8) is 0 Å². The van der Waals surface area contributed by atoms with E-state index in [0.717, 1.165) is 23.8 Å². The van der Waals surface area contributed by atoms with Crippen LogP contribution in [-0.2, 0) is 12.4 Å². The Kier molecular flexibility index (Phi) is 3.09. The molecule has 1 heterocycles. The van der Waals surface area contributed by atoms with Crippen LogP contribution in [0.5, 0.6) is 0 Å². The lowest BCUT2D eigenvalue weighted by molar-refractivity contribution is 0.309. The third-order valence-corrected chi connectivity index (χ3v) is 5.01. The largest absolute Gasteiger partial charge is 0.326 e. The number of halogens is 1. The molecule has 1 aliphatic carbocycles. The van der Waals surface area contributed by atoms with Crippen LogP contribution >= 0.6 is 11.6 Å². The molecule has 0 atom stereocenters. The van der Waals surface area contributed by atoms with Crippen molar-refractivity contribution in [2.45, 2.75) is 46.0 Å². The second-order valence-electron chi connectivity index (χ2n) is 6.21. The van der Waals surface area contributed by atoms with E-state index < -0.39 is 0 Å². The summed E-state index contributed by atoms with van der Waals surface area (Å²) in [6, 6.07) is 6.40. The van der Waals surface area contributed by atoms with Crippen molar-refractivity contribution in [2.75, 3.05) is 0 Å². The standard InChI is InChI=1S/C16H21ClN2/c1-11(2)16(7-8-16)10-19-13-6-4-5-12(3)15(13)18-14(19)9-17/h4-6,11H,7-10H2,1-3H3. The highest BCUT2D eigenvalue weighted by atomic mass is 35.5. The molecule has 0 radical (unpaired) electrons. The van der Waals surface area contributed by atoms with Crippen LogP contribution in [0.4, 0.5) is 0 Å². The van der Waals surface area contributed by atoms with Gasteiger partial charge in [0.2, 0.25) is 0 Å². The van der Waals surface area contributed by atoms with Gasteiger partial charge in [-0.15, -0.1) is 11.6 Å². The minimum Gasteiger partial charge on any atom is -0.326 e. The topological polar surface area (TPSA) is 17.8 Å². The molecule has 0 bridgehead atoms. The number of hydrogen-bond acceptors (Lipinski definition) is 1. The molecule has 3 heteroatoms. The third-order valence-electron chi connectivity index (χ3n) is 4.77. The fourth-order valence-corrected chi connectivity index (χ4v) is 3.21. The molecular formula is C16H21ClN2. The van der Waals surface area contributed by atoms with Crippen molar-refractivity contribution >= 4 is 22.6 Å². The van der Waals surface area contributed by atoms with Crippen LogP contribution in [0.2, 0.25) is 0 Å². The van der Waals surface area contributed by atoms with Gasteiger partial charge in [-0.25, -0.2) is 4.98 Å². The average molecular weight is 277 g/mol. The molecule has 0 amide bonds. The van der Waals surface area contributed by atoms with Crippen molar-refractivity contribution in [1.82, 2.24) is 9.55 Å². The number of benzene rings is 1. The summed E-state index contributed by atoms with van der Waals surface area (Å²) >= 11 is 6.10. The molecule has 1 aromatic carbocycles. The molecule has 19 heavy (non-hydrogen) atoms. The molecule has 0 N–H and O–H groups in total. The Hall–Kier alpha value is -1.02. The van der Waals surface area contributed by atoms with Gasteiger partial charge in [-0.2, -0.15) is 0 Å². The van der Waals surface area contributed by atoms with Gasteiger partial charge >= 0.3 is 0 Å². The highest BCUT2D eigenvalue weighted by molar-refractivity contribution is 6.16. The first-order valence-electron chi connectivity index (χ1n) is 7.08. The number of alkyl halides is 1. The number of aromatic nitrogens is 2. The predicted octanol–water partition coefficient (Wildman–Crippen LogP) is 4.52. The van der Waals surface area contributed by atoms with E-state index in [1.54, 1.807) is 0 Å². The van der Waals surface area contributed by atoms with Crippen LogP contribution in [-0.4, -0.2) is 9.55 Å². The minimum atomic E-state index is 0.470. The van der Waals surface area contributed by atoms with E-state index in [9.17, 15) is 0 Å². The molecule has 0 aliphatic heterocycles. The Labute approximate surface area is 119 Å². The number of rotatable bonds is 4. The average Bonchev–Trinajstić information content (AvgIpc) is 3.08. The highest BCUT2D eigenvalue weighted by Crippen LogP contribution is 2.53. The van der Waals surface area contributed by atoms with Crippen molar-refractivity contribution < 1.29 is 0 Å². The summed E-state index contributed by atoms with van der Waals surface area (Å²) in [5.74, 6) is 2.22. The van der Waals surface area contributed by atoms with Crippen molar-refractivity contribution in [3.8, 4) is 0 Å². The van der Waals surface area contributed by atoms with Crippen molar-refractivity contribution in [2.24, 2.45) is 11.3 Å². The van der Waals surface area contributed by atoms with E-state index in [1.807, 2.05) is 0 Å². The van der Waals surface area contributed by atoms with Crippen LogP contribution in [0.1, 0.15) is 38.1 Å². The second-order valence-corrected chi connectivity index (χ2v) is 6.47. The maximum absolute atomic E-state index is 6.10. The van der Waals surface area contributed by atoms with Crippen LogP contribution < -0.4 is 0 Å². The molecule has 0 unspecified atom stereocenters. The number of aryl methyl sites for hydroxylation is 1. The van der Waals surface area contributed by atoms with Gasteiger partial charge in [0.05, 0.1) is 16.9 Å². The van der Waals surface area contributed by atoms with E-state index in [4.69, 9.17) is 16.6 Å². The van der Waals surface area contributed by atoms with E-state index in [1.165, 1.54) is 23.9 Å². The van der Waals surface area contributed by atoms with E-state index in [2.05, 4.69) is 43.5 Å². The number of hydrogen-bond donors (Lipinski definition) is 0. The zero-order valence-electron chi connectivity index (χ0n) is 11.9. The maximum Gasteiger partial charge on any atom is 0.124 e.